The van der Waals surface area contributed by atoms with E-state index in [-0.39, 0.29) is 12.8 Å². The van der Waals surface area contributed by atoms with Gasteiger partial charge in [0.15, 0.2) is 0 Å². The number of halogens is 2. The molecule has 0 amide bonds. The van der Waals surface area contributed by atoms with E-state index in [1.807, 2.05) is 0 Å². The first-order chi connectivity index (χ1) is 8.52. The summed E-state index contributed by atoms with van der Waals surface area (Å²) in [6.45, 7) is 7.51. The molecule has 3 heteroatoms. The van der Waals surface area contributed by atoms with Gasteiger partial charge >= 0.3 is 0 Å². The van der Waals surface area contributed by atoms with Crippen molar-refractivity contribution in [2.45, 2.75) is 77.7 Å². The highest BCUT2D eigenvalue weighted by Crippen LogP contribution is 2.38. The molecule has 0 radical (unpaired) electrons. The van der Waals surface area contributed by atoms with Crippen LogP contribution in [0.15, 0.2) is 0 Å². The fourth-order valence-corrected chi connectivity index (χ4v) is 3.15. The third kappa shape index (κ3) is 4.83. The van der Waals surface area contributed by atoms with Crippen LogP contribution >= 0.6 is 0 Å². The molecule has 0 saturated heterocycles. The van der Waals surface area contributed by atoms with Crippen molar-refractivity contribution >= 4 is 0 Å². The van der Waals surface area contributed by atoms with Gasteiger partial charge in [0.2, 0.25) is 5.92 Å². The van der Waals surface area contributed by atoms with Gasteiger partial charge in [0.1, 0.15) is 0 Å². The lowest BCUT2D eigenvalue weighted by atomic mass is 9.78. The average Bonchev–Trinajstić information content (AvgIpc) is 2.35. The Balaban J connectivity index is 2.51. The predicted molar refractivity (Wildman–Crippen MR) is 73.1 cm³/mol. The standard InChI is InChI=1S/C15H29F2N/c1-4-12(5-2)11-14(18-6-3)13-7-9-15(16,17)10-8-13/h12-14,18H,4-11H2,1-3H3. The second-order valence-electron chi connectivity index (χ2n) is 5.78. The molecule has 0 aromatic rings. The van der Waals surface area contributed by atoms with Crippen LogP contribution in [-0.2, 0) is 0 Å². The minimum absolute atomic E-state index is 0.0858. The Hall–Kier alpha value is -0.180. The lowest BCUT2D eigenvalue weighted by molar-refractivity contribution is -0.0503. The predicted octanol–water partition coefficient (Wildman–Crippen LogP) is 4.62. The summed E-state index contributed by atoms with van der Waals surface area (Å²) >= 11 is 0. The topological polar surface area (TPSA) is 12.0 Å². The van der Waals surface area contributed by atoms with E-state index in [4.69, 9.17) is 0 Å². The van der Waals surface area contributed by atoms with Crippen LogP contribution in [0.5, 0.6) is 0 Å². The Morgan fingerprint density at radius 1 is 1.11 bits per heavy atom. The summed E-state index contributed by atoms with van der Waals surface area (Å²) < 4.78 is 26.4. The van der Waals surface area contributed by atoms with Crippen LogP contribution < -0.4 is 5.32 Å². The second-order valence-corrected chi connectivity index (χ2v) is 5.78. The fraction of sp³-hybridized carbons (Fsp3) is 1.00. The summed E-state index contributed by atoms with van der Waals surface area (Å²) in [6, 6.07) is 0.441. The zero-order valence-corrected chi connectivity index (χ0v) is 12.1. The third-order valence-corrected chi connectivity index (χ3v) is 4.54. The Morgan fingerprint density at radius 3 is 2.11 bits per heavy atom. The number of hydrogen-bond donors (Lipinski definition) is 1. The molecule has 0 aromatic carbocycles. The molecule has 1 fully saturated rings. The molecule has 1 aliphatic rings. The number of nitrogens with one attached hydrogen (secondary N) is 1. The van der Waals surface area contributed by atoms with Crippen LogP contribution in [-0.4, -0.2) is 18.5 Å². The van der Waals surface area contributed by atoms with Gasteiger partial charge in [-0.15, -0.1) is 0 Å². The van der Waals surface area contributed by atoms with E-state index in [1.54, 1.807) is 0 Å². The highest BCUT2D eigenvalue weighted by atomic mass is 19.3. The molecule has 1 aliphatic carbocycles. The van der Waals surface area contributed by atoms with E-state index < -0.39 is 5.92 Å². The van der Waals surface area contributed by atoms with Crippen LogP contribution in [0.3, 0.4) is 0 Å². The first-order valence-electron chi connectivity index (χ1n) is 7.63. The lowest BCUT2D eigenvalue weighted by Crippen LogP contribution is -2.41. The number of hydrogen-bond acceptors (Lipinski definition) is 1. The van der Waals surface area contributed by atoms with Gasteiger partial charge in [-0.2, -0.15) is 0 Å². The summed E-state index contributed by atoms with van der Waals surface area (Å²) in [5, 5.41) is 3.53. The summed E-state index contributed by atoms with van der Waals surface area (Å²) in [6.07, 6.45) is 5.08. The van der Waals surface area contributed by atoms with E-state index in [1.165, 1.54) is 12.8 Å². The van der Waals surface area contributed by atoms with Gasteiger partial charge < -0.3 is 5.32 Å². The van der Waals surface area contributed by atoms with Gasteiger partial charge in [-0.25, -0.2) is 8.78 Å². The lowest BCUT2D eigenvalue weighted by Gasteiger charge is -2.35. The molecular formula is C15H29F2N. The van der Waals surface area contributed by atoms with Crippen LogP contribution in [0, 0.1) is 11.8 Å². The van der Waals surface area contributed by atoms with Crippen molar-refractivity contribution in [3.05, 3.63) is 0 Å². The van der Waals surface area contributed by atoms with E-state index in [9.17, 15) is 8.78 Å². The van der Waals surface area contributed by atoms with Gasteiger partial charge in [-0.05, 0) is 37.6 Å². The van der Waals surface area contributed by atoms with Crippen molar-refractivity contribution in [3.63, 3.8) is 0 Å². The van der Waals surface area contributed by atoms with Crippen molar-refractivity contribution < 1.29 is 8.78 Å². The van der Waals surface area contributed by atoms with Crippen molar-refractivity contribution in [2.24, 2.45) is 11.8 Å². The van der Waals surface area contributed by atoms with Crippen molar-refractivity contribution in [2.75, 3.05) is 6.54 Å². The summed E-state index contributed by atoms with van der Waals surface area (Å²) in [4.78, 5) is 0. The van der Waals surface area contributed by atoms with E-state index in [0.29, 0.717) is 24.8 Å². The maximum absolute atomic E-state index is 13.2. The van der Waals surface area contributed by atoms with E-state index >= 15 is 0 Å². The molecule has 108 valence electrons. The Kier molecular flexibility index (Phi) is 6.54. The van der Waals surface area contributed by atoms with Gasteiger partial charge in [-0.3, -0.25) is 0 Å². The first-order valence-corrected chi connectivity index (χ1v) is 7.63. The molecule has 1 unspecified atom stereocenters. The molecule has 0 spiro atoms. The minimum atomic E-state index is -2.40. The second kappa shape index (κ2) is 7.42. The van der Waals surface area contributed by atoms with Crippen molar-refractivity contribution in [1.29, 1.82) is 0 Å². The molecule has 1 N–H and O–H groups in total. The first kappa shape index (κ1) is 15.9. The Labute approximate surface area is 111 Å². The smallest absolute Gasteiger partial charge is 0.248 e. The number of rotatable bonds is 7. The molecular weight excluding hydrogens is 232 g/mol. The fourth-order valence-electron chi connectivity index (χ4n) is 3.15. The van der Waals surface area contributed by atoms with Crippen LogP contribution in [0.4, 0.5) is 8.78 Å². The van der Waals surface area contributed by atoms with Gasteiger partial charge in [0.25, 0.3) is 0 Å². The summed E-state index contributed by atoms with van der Waals surface area (Å²) in [7, 11) is 0. The Bertz CT molecular complexity index is 217. The quantitative estimate of drug-likeness (QED) is 0.705. The molecule has 1 atom stereocenters. The van der Waals surface area contributed by atoms with Crippen LogP contribution in [0.25, 0.3) is 0 Å². The molecule has 0 heterocycles. The van der Waals surface area contributed by atoms with E-state index in [2.05, 4.69) is 26.1 Å². The zero-order chi connectivity index (χ0) is 13.6. The third-order valence-electron chi connectivity index (χ3n) is 4.54. The van der Waals surface area contributed by atoms with Crippen LogP contribution in [0.1, 0.15) is 65.7 Å². The molecule has 0 bridgehead atoms. The molecule has 1 rings (SSSR count). The van der Waals surface area contributed by atoms with Crippen molar-refractivity contribution in [3.8, 4) is 0 Å². The molecule has 0 aromatic heterocycles. The highest BCUT2D eigenvalue weighted by molar-refractivity contribution is 4.85. The Morgan fingerprint density at radius 2 is 1.67 bits per heavy atom. The number of alkyl halides is 2. The summed E-state index contributed by atoms with van der Waals surface area (Å²) in [5.74, 6) is -1.22. The minimum Gasteiger partial charge on any atom is -0.314 e. The SMILES string of the molecule is CCNC(CC(CC)CC)C1CCC(F)(F)CC1. The molecule has 18 heavy (non-hydrogen) atoms. The van der Waals surface area contributed by atoms with Gasteiger partial charge in [0, 0.05) is 18.9 Å². The van der Waals surface area contributed by atoms with Crippen LogP contribution in [0.2, 0.25) is 0 Å². The average molecular weight is 261 g/mol. The normalized spacial score (nSPS) is 22.3. The zero-order valence-electron chi connectivity index (χ0n) is 12.1. The largest absolute Gasteiger partial charge is 0.314 e. The maximum atomic E-state index is 13.2. The maximum Gasteiger partial charge on any atom is 0.248 e. The van der Waals surface area contributed by atoms with Crippen molar-refractivity contribution in [1.82, 2.24) is 5.32 Å². The van der Waals surface area contributed by atoms with Gasteiger partial charge in [-0.1, -0.05) is 33.6 Å². The highest BCUT2D eigenvalue weighted by Gasteiger charge is 2.37. The summed E-state index contributed by atoms with van der Waals surface area (Å²) in [5.41, 5.74) is 0. The monoisotopic (exact) mass is 261 g/mol. The molecule has 0 aliphatic heterocycles. The van der Waals surface area contributed by atoms with E-state index in [0.717, 1.165) is 18.9 Å². The van der Waals surface area contributed by atoms with Gasteiger partial charge in [0.05, 0.1) is 0 Å². The molecule has 1 saturated carbocycles. The molecule has 1 nitrogen and oxygen atoms in total.